The molecule has 0 aliphatic carbocycles. The number of rotatable bonds is 6. The van der Waals surface area contributed by atoms with E-state index in [1.54, 1.807) is 7.11 Å². The summed E-state index contributed by atoms with van der Waals surface area (Å²) in [6.45, 7) is 3.09. The summed E-state index contributed by atoms with van der Waals surface area (Å²) in [4.78, 5) is 0. The number of halogens is 1. The standard InChI is InChI=1S/C15H20BrN3O/c1-4-9-17-14(15-12(16)10-18-19(15)2)11-7-5-6-8-13(11)20-3/h5-8,10,14,17H,4,9H2,1-3H3. The molecule has 1 unspecified atom stereocenters. The Balaban J connectivity index is 2.47. The van der Waals surface area contributed by atoms with Crippen LogP contribution in [-0.2, 0) is 7.05 Å². The summed E-state index contributed by atoms with van der Waals surface area (Å²) >= 11 is 3.59. The summed E-state index contributed by atoms with van der Waals surface area (Å²) in [7, 11) is 3.66. The zero-order valence-corrected chi connectivity index (χ0v) is 13.6. The van der Waals surface area contributed by atoms with Gasteiger partial charge < -0.3 is 10.1 Å². The lowest BCUT2D eigenvalue weighted by atomic mass is 10.0. The molecule has 1 aromatic carbocycles. The van der Waals surface area contributed by atoms with Crippen LogP contribution < -0.4 is 10.1 Å². The van der Waals surface area contributed by atoms with Crippen LogP contribution >= 0.6 is 15.9 Å². The molecule has 1 atom stereocenters. The van der Waals surface area contributed by atoms with Crippen molar-refractivity contribution in [3.8, 4) is 5.75 Å². The second kappa shape index (κ2) is 6.90. The van der Waals surface area contributed by atoms with Crippen LogP contribution in [0.15, 0.2) is 34.9 Å². The molecule has 5 heteroatoms. The maximum absolute atomic E-state index is 5.50. The zero-order valence-electron chi connectivity index (χ0n) is 12.1. The minimum atomic E-state index is 0.0491. The van der Waals surface area contributed by atoms with Crippen molar-refractivity contribution in [2.45, 2.75) is 19.4 Å². The van der Waals surface area contributed by atoms with Crippen LogP contribution in [0.1, 0.15) is 30.6 Å². The van der Waals surface area contributed by atoms with Crippen LogP contribution in [0.3, 0.4) is 0 Å². The molecular formula is C15H20BrN3O. The lowest BCUT2D eigenvalue weighted by molar-refractivity contribution is 0.402. The SMILES string of the molecule is CCCNC(c1ccccc1OC)c1c(Br)cnn1C. The molecule has 0 fully saturated rings. The van der Waals surface area contributed by atoms with Crippen molar-refractivity contribution < 1.29 is 4.74 Å². The zero-order chi connectivity index (χ0) is 14.5. The first kappa shape index (κ1) is 15.1. The van der Waals surface area contributed by atoms with Gasteiger partial charge in [-0.1, -0.05) is 25.1 Å². The molecule has 0 aliphatic rings. The van der Waals surface area contributed by atoms with Gasteiger partial charge in [-0.15, -0.1) is 0 Å². The van der Waals surface area contributed by atoms with Crippen LogP contribution in [0.25, 0.3) is 0 Å². The Labute approximate surface area is 128 Å². The van der Waals surface area contributed by atoms with Gasteiger partial charge >= 0.3 is 0 Å². The molecule has 0 amide bonds. The van der Waals surface area contributed by atoms with Crippen molar-refractivity contribution in [3.05, 3.63) is 46.2 Å². The largest absolute Gasteiger partial charge is 0.496 e. The van der Waals surface area contributed by atoms with E-state index in [9.17, 15) is 0 Å². The molecule has 1 N–H and O–H groups in total. The van der Waals surface area contributed by atoms with E-state index in [4.69, 9.17) is 4.74 Å². The molecule has 108 valence electrons. The lowest BCUT2D eigenvalue weighted by Gasteiger charge is -2.22. The molecule has 20 heavy (non-hydrogen) atoms. The maximum Gasteiger partial charge on any atom is 0.124 e. The minimum Gasteiger partial charge on any atom is -0.496 e. The van der Waals surface area contributed by atoms with Gasteiger partial charge in [-0.2, -0.15) is 5.10 Å². The molecule has 0 saturated carbocycles. The smallest absolute Gasteiger partial charge is 0.124 e. The number of nitrogens with zero attached hydrogens (tertiary/aromatic N) is 2. The summed E-state index contributed by atoms with van der Waals surface area (Å²) in [5, 5.41) is 7.89. The van der Waals surface area contributed by atoms with Gasteiger partial charge in [0.2, 0.25) is 0 Å². The first-order chi connectivity index (χ1) is 9.69. The number of benzene rings is 1. The third-order valence-corrected chi connectivity index (χ3v) is 3.87. The molecular weight excluding hydrogens is 318 g/mol. The highest BCUT2D eigenvalue weighted by Crippen LogP contribution is 2.33. The predicted octanol–water partition coefficient (Wildman–Crippen LogP) is 3.28. The topological polar surface area (TPSA) is 39.1 Å². The Morgan fingerprint density at radius 1 is 1.40 bits per heavy atom. The highest BCUT2D eigenvalue weighted by molar-refractivity contribution is 9.10. The van der Waals surface area contributed by atoms with Crippen LogP contribution in [0.5, 0.6) is 5.75 Å². The van der Waals surface area contributed by atoms with Crippen LogP contribution in [0, 0.1) is 0 Å². The first-order valence-electron chi connectivity index (χ1n) is 6.72. The van der Waals surface area contributed by atoms with E-state index in [0.29, 0.717) is 0 Å². The number of para-hydroxylation sites is 1. The van der Waals surface area contributed by atoms with Gasteiger partial charge in [0.1, 0.15) is 5.75 Å². The van der Waals surface area contributed by atoms with Gasteiger partial charge in [-0.05, 0) is 35.0 Å². The molecule has 0 radical (unpaired) electrons. The van der Waals surface area contributed by atoms with Gasteiger partial charge in [0.15, 0.2) is 0 Å². The third-order valence-electron chi connectivity index (χ3n) is 3.26. The molecule has 0 spiro atoms. The van der Waals surface area contributed by atoms with E-state index in [1.165, 1.54) is 0 Å². The highest BCUT2D eigenvalue weighted by Gasteiger charge is 2.22. The van der Waals surface area contributed by atoms with Crippen molar-refractivity contribution in [2.75, 3.05) is 13.7 Å². The maximum atomic E-state index is 5.50. The Kier molecular flexibility index (Phi) is 5.20. The molecule has 0 bridgehead atoms. The average Bonchev–Trinajstić information content (AvgIpc) is 2.80. The summed E-state index contributed by atoms with van der Waals surface area (Å²) in [5.41, 5.74) is 2.22. The Morgan fingerprint density at radius 2 is 2.15 bits per heavy atom. The molecule has 2 rings (SSSR count). The quantitative estimate of drug-likeness (QED) is 0.879. The number of nitrogens with one attached hydrogen (secondary N) is 1. The molecule has 1 aromatic heterocycles. The highest BCUT2D eigenvalue weighted by atomic mass is 79.9. The summed E-state index contributed by atoms with van der Waals surface area (Å²) in [6, 6.07) is 8.14. The van der Waals surface area contributed by atoms with Gasteiger partial charge in [0.05, 0.1) is 29.5 Å². The fourth-order valence-electron chi connectivity index (χ4n) is 2.29. The van der Waals surface area contributed by atoms with Gasteiger partial charge in [0, 0.05) is 12.6 Å². The third kappa shape index (κ3) is 3.04. The van der Waals surface area contributed by atoms with Crippen molar-refractivity contribution in [2.24, 2.45) is 7.05 Å². The predicted molar refractivity (Wildman–Crippen MR) is 84.0 cm³/mol. The molecule has 0 aliphatic heterocycles. The Bertz CT molecular complexity index is 548. The number of hydrogen-bond acceptors (Lipinski definition) is 3. The van der Waals surface area contributed by atoms with E-state index in [0.717, 1.165) is 34.4 Å². The summed E-state index contributed by atoms with van der Waals surface area (Å²) < 4.78 is 8.39. The fourth-order valence-corrected chi connectivity index (χ4v) is 2.87. The number of methoxy groups -OCH3 is 1. The molecule has 2 aromatic rings. The van der Waals surface area contributed by atoms with Crippen molar-refractivity contribution in [1.29, 1.82) is 0 Å². The van der Waals surface area contributed by atoms with E-state index in [-0.39, 0.29) is 6.04 Å². The summed E-state index contributed by atoms with van der Waals surface area (Å²) in [6.07, 6.45) is 2.90. The van der Waals surface area contributed by atoms with Gasteiger partial charge in [-0.3, -0.25) is 4.68 Å². The van der Waals surface area contributed by atoms with Crippen molar-refractivity contribution >= 4 is 15.9 Å². The monoisotopic (exact) mass is 337 g/mol. The lowest BCUT2D eigenvalue weighted by Crippen LogP contribution is -2.26. The van der Waals surface area contributed by atoms with E-state index in [1.807, 2.05) is 36.1 Å². The fraction of sp³-hybridized carbons (Fsp3) is 0.400. The normalized spacial score (nSPS) is 12.4. The summed E-state index contributed by atoms with van der Waals surface area (Å²) in [5.74, 6) is 0.884. The number of hydrogen-bond donors (Lipinski definition) is 1. The van der Waals surface area contributed by atoms with Crippen LogP contribution in [0.4, 0.5) is 0 Å². The average molecular weight is 338 g/mol. The van der Waals surface area contributed by atoms with Gasteiger partial charge in [-0.25, -0.2) is 0 Å². The molecule has 1 heterocycles. The number of aryl methyl sites for hydroxylation is 1. The minimum absolute atomic E-state index is 0.0491. The number of aromatic nitrogens is 2. The first-order valence-corrected chi connectivity index (χ1v) is 7.52. The second-order valence-electron chi connectivity index (χ2n) is 4.63. The van der Waals surface area contributed by atoms with E-state index in [2.05, 4.69) is 39.3 Å². The van der Waals surface area contributed by atoms with Crippen molar-refractivity contribution in [3.63, 3.8) is 0 Å². The van der Waals surface area contributed by atoms with Gasteiger partial charge in [0.25, 0.3) is 0 Å². The second-order valence-corrected chi connectivity index (χ2v) is 5.48. The van der Waals surface area contributed by atoms with Crippen molar-refractivity contribution in [1.82, 2.24) is 15.1 Å². The van der Waals surface area contributed by atoms with Crippen LogP contribution in [-0.4, -0.2) is 23.4 Å². The molecule has 0 saturated heterocycles. The van der Waals surface area contributed by atoms with E-state index >= 15 is 0 Å². The van der Waals surface area contributed by atoms with Crippen LogP contribution in [0.2, 0.25) is 0 Å². The number of ether oxygens (including phenoxy) is 1. The van der Waals surface area contributed by atoms with E-state index < -0.39 is 0 Å². The molecule has 4 nitrogen and oxygen atoms in total. The Morgan fingerprint density at radius 3 is 2.75 bits per heavy atom. The Hall–Kier alpha value is -1.33.